The predicted octanol–water partition coefficient (Wildman–Crippen LogP) is 7.92. The number of hydrazine groups is 1. The van der Waals surface area contributed by atoms with Crippen LogP contribution in [0.2, 0.25) is 0 Å². The summed E-state index contributed by atoms with van der Waals surface area (Å²) < 4.78 is 0. The summed E-state index contributed by atoms with van der Waals surface area (Å²) >= 11 is 0. The monoisotopic (exact) mass is 750 g/mol. The number of amidine groups is 2. The summed E-state index contributed by atoms with van der Waals surface area (Å²) in [4.78, 5) is 28.9. The molecule has 0 saturated heterocycles. The number of aliphatic imine (C=N–C) groups is 2. The first-order valence-electron chi connectivity index (χ1n) is 18.9. The molecule has 4 aromatic carbocycles. The van der Waals surface area contributed by atoms with Gasteiger partial charge >= 0.3 is 0 Å². The van der Waals surface area contributed by atoms with E-state index in [0.717, 1.165) is 50.5 Å². The summed E-state index contributed by atoms with van der Waals surface area (Å²) in [7, 11) is 0. The molecule has 2 heterocycles. The number of rotatable bonds is 15. The number of carbonyl (C=O) groups is 1. The first-order chi connectivity index (χ1) is 27.8. The third kappa shape index (κ3) is 9.26. The molecule has 0 aromatic heterocycles. The summed E-state index contributed by atoms with van der Waals surface area (Å²) in [5.41, 5.74) is 8.27. The molecule has 11 heteroatoms. The zero-order chi connectivity index (χ0) is 40.1. The van der Waals surface area contributed by atoms with E-state index in [-0.39, 0.29) is 11.6 Å². The Hall–Kier alpha value is -7.47. The van der Waals surface area contributed by atoms with Gasteiger partial charge in [-0.2, -0.15) is 26.1 Å². The summed E-state index contributed by atoms with van der Waals surface area (Å²) in [5.74, 6) is 0.812. The van der Waals surface area contributed by atoms with Crippen LogP contribution in [0, 0.1) is 59.2 Å². The Bertz CT molecular complexity index is 2370. The van der Waals surface area contributed by atoms with Crippen LogP contribution < -0.4 is 9.80 Å². The number of aryl methyl sites for hydroxylation is 2. The van der Waals surface area contributed by atoms with E-state index in [1.807, 2.05) is 127 Å². The first kappa shape index (κ1) is 39.2. The Balaban J connectivity index is 1.36. The highest BCUT2D eigenvalue weighted by Gasteiger charge is 2.40. The summed E-state index contributed by atoms with van der Waals surface area (Å²) in [6.45, 7) is 6.43. The number of carbonyl (C=O) groups excluding carboxylic acids is 1. The van der Waals surface area contributed by atoms with E-state index in [9.17, 15) is 25.8 Å². The van der Waals surface area contributed by atoms with Crippen LogP contribution in [0.3, 0.4) is 0 Å². The maximum absolute atomic E-state index is 14.7. The number of anilines is 2. The van der Waals surface area contributed by atoms with E-state index in [1.54, 1.807) is 5.01 Å². The second kappa shape index (κ2) is 18.7. The van der Waals surface area contributed by atoms with Gasteiger partial charge in [-0.25, -0.2) is 9.98 Å². The van der Waals surface area contributed by atoms with Crippen molar-refractivity contribution in [3.63, 3.8) is 0 Å². The van der Waals surface area contributed by atoms with Crippen molar-refractivity contribution in [1.82, 2.24) is 10.0 Å². The van der Waals surface area contributed by atoms with E-state index >= 15 is 0 Å². The predicted molar refractivity (Wildman–Crippen MR) is 223 cm³/mol. The fourth-order valence-corrected chi connectivity index (χ4v) is 6.85. The number of hydrogen-bond acceptors (Lipinski definition) is 10. The minimum atomic E-state index is -0.290. The Kier molecular flexibility index (Phi) is 12.9. The van der Waals surface area contributed by atoms with E-state index in [4.69, 9.17) is 9.98 Å². The molecule has 6 rings (SSSR count). The van der Waals surface area contributed by atoms with Crippen LogP contribution in [0.25, 0.3) is 12.2 Å². The number of benzene rings is 4. The SMILES string of the molecule is Cc1cc(N(CCC#N)CCC#N)ccc1/C=C1\N=C(c2ccccc2)N(N2C/C(=C\c3ccc(N(CCC#N)CCC#N)cc3C)N=C2c2ccccc2)C1=O. The third-order valence-electron chi connectivity index (χ3n) is 9.78. The van der Waals surface area contributed by atoms with Crippen LogP contribution in [-0.2, 0) is 4.79 Å². The molecule has 57 heavy (non-hydrogen) atoms. The van der Waals surface area contributed by atoms with Crippen molar-refractivity contribution in [3.8, 4) is 24.3 Å². The molecule has 0 fully saturated rings. The van der Waals surface area contributed by atoms with Crippen molar-refractivity contribution >= 4 is 41.1 Å². The first-order valence-corrected chi connectivity index (χ1v) is 18.9. The standard InChI is InChI=1S/C46H42N10O/c1-34-29-41(53(25-9-21-47)26-10-22-48)19-17-38(34)31-40-33-55(44(51-40)36-13-5-3-6-14-36)56-45(37-15-7-4-8-16-37)52-43(46(56)57)32-39-18-20-42(30-35(39)2)54(27-11-23-49)28-12-24-50/h3-8,13-20,29-32H,9-12,25-28,33H2,1-2H3/b40-31+,43-32-. The molecular formula is C46H42N10O. The zero-order valence-electron chi connectivity index (χ0n) is 32.1. The molecule has 0 atom stereocenters. The summed E-state index contributed by atoms with van der Waals surface area (Å²) in [6, 6.07) is 40.3. The van der Waals surface area contributed by atoms with Crippen LogP contribution in [0.4, 0.5) is 11.4 Å². The van der Waals surface area contributed by atoms with Gasteiger partial charge in [-0.05, 0) is 72.5 Å². The van der Waals surface area contributed by atoms with Gasteiger partial charge in [0.05, 0.1) is 62.2 Å². The molecule has 0 saturated carbocycles. The lowest BCUT2D eigenvalue weighted by molar-refractivity contribution is -0.129. The lowest BCUT2D eigenvalue weighted by Crippen LogP contribution is -2.49. The molecule has 0 aliphatic carbocycles. The second-order valence-electron chi connectivity index (χ2n) is 13.6. The summed E-state index contributed by atoms with van der Waals surface area (Å²) in [5, 5.41) is 40.3. The van der Waals surface area contributed by atoms with Crippen molar-refractivity contribution in [1.29, 1.82) is 21.0 Å². The van der Waals surface area contributed by atoms with Gasteiger partial charge in [-0.3, -0.25) is 9.80 Å². The van der Waals surface area contributed by atoms with Gasteiger partial charge in [0, 0.05) is 48.7 Å². The quantitative estimate of drug-likeness (QED) is 0.111. The average Bonchev–Trinajstić information content (AvgIpc) is 3.79. The lowest BCUT2D eigenvalue weighted by Gasteiger charge is -2.31. The fraction of sp³-hybridized carbons (Fsp3) is 0.239. The Morgan fingerprint density at radius 1 is 0.614 bits per heavy atom. The molecule has 11 nitrogen and oxygen atoms in total. The van der Waals surface area contributed by atoms with Crippen molar-refractivity contribution in [3.05, 3.63) is 142 Å². The van der Waals surface area contributed by atoms with E-state index < -0.39 is 0 Å². The van der Waals surface area contributed by atoms with Gasteiger partial charge in [-0.15, -0.1) is 0 Å². The minimum absolute atomic E-state index is 0.282. The normalized spacial score (nSPS) is 14.8. The smallest absolute Gasteiger partial charge is 0.297 e. The van der Waals surface area contributed by atoms with Crippen LogP contribution in [0.15, 0.2) is 118 Å². The molecular weight excluding hydrogens is 709 g/mol. The maximum Gasteiger partial charge on any atom is 0.297 e. The maximum atomic E-state index is 14.7. The molecule has 2 aliphatic heterocycles. The number of hydrogen-bond donors (Lipinski definition) is 0. The Labute approximate surface area is 334 Å². The van der Waals surface area contributed by atoms with E-state index in [1.165, 1.54) is 0 Å². The van der Waals surface area contributed by atoms with Gasteiger partial charge < -0.3 is 9.80 Å². The van der Waals surface area contributed by atoms with Crippen molar-refractivity contribution in [2.45, 2.75) is 39.5 Å². The van der Waals surface area contributed by atoms with Crippen LogP contribution >= 0.6 is 0 Å². The van der Waals surface area contributed by atoms with Crippen LogP contribution in [-0.4, -0.2) is 60.3 Å². The van der Waals surface area contributed by atoms with Gasteiger partial charge in [0.2, 0.25) is 0 Å². The molecule has 2 aliphatic rings. The lowest BCUT2D eigenvalue weighted by atomic mass is 10.1. The molecule has 0 N–H and O–H groups in total. The molecule has 0 radical (unpaired) electrons. The molecule has 1 amide bonds. The van der Waals surface area contributed by atoms with Gasteiger partial charge in [0.1, 0.15) is 5.70 Å². The van der Waals surface area contributed by atoms with Crippen molar-refractivity contribution in [2.75, 3.05) is 42.5 Å². The van der Waals surface area contributed by atoms with Gasteiger partial charge in [0.25, 0.3) is 5.91 Å². The average molecular weight is 751 g/mol. The molecule has 282 valence electrons. The molecule has 0 spiro atoms. The van der Waals surface area contributed by atoms with Crippen LogP contribution in [0.1, 0.15) is 59.1 Å². The Morgan fingerprint density at radius 2 is 1.07 bits per heavy atom. The molecule has 0 unspecified atom stereocenters. The van der Waals surface area contributed by atoms with Crippen LogP contribution in [0.5, 0.6) is 0 Å². The highest BCUT2D eigenvalue weighted by molar-refractivity contribution is 6.21. The van der Waals surface area contributed by atoms with E-state index in [0.29, 0.717) is 70.1 Å². The van der Waals surface area contributed by atoms with Gasteiger partial charge in [0.15, 0.2) is 11.7 Å². The van der Waals surface area contributed by atoms with Gasteiger partial charge in [-0.1, -0.05) is 72.8 Å². The largest absolute Gasteiger partial charge is 0.369 e. The highest BCUT2D eigenvalue weighted by atomic mass is 16.2. The minimum Gasteiger partial charge on any atom is -0.369 e. The number of nitriles is 4. The molecule has 4 aromatic rings. The highest BCUT2D eigenvalue weighted by Crippen LogP contribution is 2.32. The number of amides is 1. The van der Waals surface area contributed by atoms with Crippen molar-refractivity contribution in [2.24, 2.45) is 9.98 Å². The third-order valence-corrected chi connectivity index (χ3v) is 9.78. The fourth-order valence-electron chi connectivity index (χ4n) is 6.85. The topological polar surface area (TPSA) is 150 Å². The summed E-state index contributed by atoms with van der Waals surface area (Å²) in [6.07, 6.45) is 5.27. The van der Waals surface area contributed by atoms with E-state index in [2.05, 4.69) is 35.2 Å². The van der Waals surface area contributed by atoms with Crippen molar-refractivity contribution < 1.29 is 4.79 Å². The Morgan fingerprint density at radius 3 is 1.53 bits per heavy atom. The number of nitrogens with zero attached hydrogens (tertiary/aromatic N) is 10. The zero-order valence-corrected chi connectivity index (χ0v) is 32.1. The second-order valence-corrected chi connectivity index (χ2v) is 13.6. The molecule has 0 bridgehead atoms.